The Balaban J connectivity index is 1.58. The molecular formula is C20H17ClN6O2. The van der Waals surface area contributed by atoms with Crippen molar-refractivity contribution in [1.82, 2.24) is 19.8 Å². The van der Waals surface area contributed by atoms with Crippen molar-refractivity contribution in [3.8, 4) is 22.9 Å². The highest BCUT2D eigenvalue weighted by atomic mass is 35.5. The zero-order valence-electron chi connectivity index (χ0n) is 15.7. The number of halogens is 1. The minimum absolute atomic E-state index is 0.538. The Hall–Kier alpha value is -3.65. The minimum atomic E-state index is 0.538. The molecule has 4 aromatic rings. The van der Waals surface area contributed by atoms with Crippen molar-refractivity contribution in [3.05, 3.63) is 65.2 Å². The number of rotatable bonds is 6. The monoisotopic (exact) mass is 408 g/mol. The predicted molar refractivity (Wildman–Crippen MR) is 112 cm³/mol. The highest BCUT2D eigenvalue weighted by Crippen LogP contribution is 2.23. The summed E-state index contributed by atoms with van der Waals surface area (Å²) in [4.78, 5) is 0. The fourth-order valence-electron chi connectivity index (χ4n) is 2.72. The number of fused-ring (bicyclic) bond motifs is 1. The van der Waals surface area contributed by atoms with Gasteiger partial charge in [-0.1, -0.05) is 11.6 Å². The molecule has 1 N–H and O–H groups in total. The summed E-state index contributed by atoms with van der Waals surface area (Å²) in [6, 6.07) is 16.4. The summed E-state index contributed by atoms with van der Waals surface area (Å²) in [5.74, 6) is 2.51. The van der Waals surface area contributed by atoms with Gasteiger partial charge in [-0.05, 0) is 48.5 Å². The van der Waals surface area contributed by atoms with E-state index in [1.165, 1.54) is 0 Å². The molecule has 2 aromatic carbocycles. The van der Waals surface area contributed by atoms with Crippen LogP contribution < -0.4 is 14.9 Å². The average molecular weight is 409 g/mol. The molecule has 0 saturated carbocycles. The highest BCUT2D eigenvalue weighted by molar-refractivity contribution is 6.30. The topological polar surface area (TPSA) is 85.9 Å². The maximum absolute atomic E-state index is 5.96. The van der Waals surface area contributed by atoms with Gasteiger partial charge in [-0.15, -0.1) is 15.3 Å². The Kier molecular flexibility index (Phi) is 5.26. The number of hydrazone groups is 1. The van der Waals surface area contributed by atoms with Crippen molar-refractivity contribution in [2.45, 2.75) is 0 Å². The number of benzene rings is 2. The minimum Gasteiger partial charge on any atom is -0.497 e. The van der Waals surface area contributed by atoms with Gasteiger partial charge >= 0.3 is 0 Å². The SMILES string of the molecule is COc1ccc(/C=N/Nc2ccc3nnc(-c4ccc(Cl)cc4)n3n2)c(OC)c1. The lowest BCUT2D eigenvalue weighted by Gasteiger charge is -2.07. The van der Waals surface area contributed by atoms with Gasteiger partial charge in [-0.25, -0.2) is 0 Å². The third-order valence-corrected chi connectivity index (χ3v) is 4.44. The molecule has 8 nitrogen and oxygen atoms in total. The van der Waals surface area contributed by atoms with Crippen molar-refractivity contribution >= 4 is 29.3 Å². The summed E-state index contributed by atoms with van der Waals surface area (Å²) in [6.45, 7) is 0. The normalized spacial score (nSPS) is 11.1. The molecule has 2 aromatic heterocycles. The molecule has 0 amide bonds. The molecule has 0 aliphatic carbocycles. The van der Waals surface area contributed by atoms with Crippen LogP contribution >= 0.6 is 11.6 Å². The van der Waals surface area contributed by atoms with E-state index in [2.05, 4.69) is 25.8 Å². The summed E-state index contributed by atoms with van der Waals surface area (Å²) in [5.41, 5.74) is 5.20. The van der Waals surface area contributed by atoms with Crippen LogP contribution in [0, 0.1) is 0 Å². The molecule has 0 aliphatic heterocycles. The summed E-state index contributed by atoms with van der Waals surface area (Å²) in [5, 5.41) is 17.8. The van der Waals surface area contributed by atoms with E-state index in [1.54, 1.807) is 49.2 Å². The molecule has 0 radical (unpaired) electrons. The van der Waals surface area contributed by atoms with Gasteiger partial charge < -0.3 is 9.47 Å². The first-order valence-electron chi connectivity index (χ1n) is 8.67. The van der Waals surface area contributed by atoms with E-state index in [9.17, 15) is 0 Å². The molecule has 0 fully saturated rings. The summed E-state index contributed by atoms with van der Waals surface area (Å²) < 4.78 is 12.2. The van der Waals surface area contributed by atoms with Gasteiger partial charge in [0.15, 0.2) is 17.3 Å². The first kappa shape index (κ1) is 18.7. The Morgan fingerprint density at radius 3 is 2.59 bits per heavy atom. The number of hydrogen-bond donors (Lipinski definition) is 1. The van der Waals surface area contributed by atoms with E-state index < -0.39 is 0 Å². The van der Waals surface area contributed by atoms with E-state index in [1.807, 2.05) is 30.3 Å². The van der Waals surface area contributed by atoms with Gasteiger partial charge in [0, 0.05) is 22.2 Å². The number of hydrogen-bond acceptors (Lipinski definition) is 7. The molecule has 0 spiro atoms. The van der Waals surface area contributed by atoms with E-state index >= 15 is 0 Å². The number of aromatic nitrogens is 4. The number of methoxy groups -OCH3 is 2. The van der Waals surface area contributed by atoms with E-state index in [4.69, 9.17) is 21.1 Å². The predicted octanol–water partition coefficient (Wildman–Crippen LogP) is 3.91. The second-order valence-electron chi connectivity index (χ2n) is 6.00. The summed E-state index contributed by atoms with van der Waals surface area (Å²) >= 11 is 5.96. The first-order valence-corrected chi connectivity index (χ1v) is 9.05. The van der Waals surface area contributed by atoms with Gasteiger partial charge in [-0.3, -0.25) is 5.43 Å². The van der Waals surface area contributed by atoms with Crippen molar-refractivity contribution in [3.63, 3.8) is 0 Å². The third kappa shape index (κ3) is 3.97. The number of nitrogens with zero attached hydrogens (tertiary/aromatic N) is 5. The molecule has 0 bridgehead atoms. The van der Waals surface area contributed by atoms with Crippen LogP contribution in [-0.2, 0) is 0 Å². The van der Waals surface area contributed by atoms with Crippen LogP contribution in [0.5, 0.6) is 11.5 Å². The number of anilines is 1. The van der Waals surface area contributed by atoms with Crippen molar-refractivity contribution in [2.75, 3.05) is 19.6 Å². The fraction of sp³-hybridized carbons (Fsp3) is 0.100. The molecule has 0 atom stereocenters. The Morgan fingerprint density at radius 1 is 1.00 bits per heavy atom. The van der Waals surface area contributed by atoms with Gasteiger partial charge in [0.25, 0.3) is 0 Å². The lowest BCUT2D eigenvalue weighted by molar-refractivity contribution is 0.394. The molecule has 0 unspecified atom stereocenters. The van der Waals surface area contributed by atoms with Crippen LogP contribution in [0.2, 0.25) is 5.02 Å². The number of ether oxygens (including phenoxy) is 2. The molecular weight excluding hydrogens is 392 g/mol. The van der Waals surface area contributed by atoms with Crippen molar-refractivity contribution < 1.29 is 9.47 Å². The summed E-state index contributed by atoms with van der Waals surface area (Å²) in [6.07, 6.45) is 1.65. The third-order valence-electron chi connectivity index (χ3n) is 4.19. The zero-order valence-corrected chi connectivity index (χ0v) is 16.5. The first-order chi connectivity index (χ1) is 14.2. The lowest BCUT2D eigenvalue weighted by atomic mass is 10.2. The molecule has 4 rings (SSSR count). The van der Waals surface area contributed by atoms with Crippen LogP contribution in [0.25, 0.3) is 17.0 Å². The largest absolute Gasteiger partial charge is 0.497 e. The van der Waals surface area contributed by atoms with Crippen LogP contribution in [0.4, 0.5) is 5.82 Å². The van der Waals surface area contributed by atoms with Gasteiger partial charge in [0.2, 0.25) is 0 Å². The standard InChI is InChI=1S/C20H17ClN6O2/c1-28-16-8-5-14(17(11-16)29-2)12-22-23-18-9-10-19-24-25-20(27(19)26-18)13-3-6-15(21)7-4-13/h3-12H,1-2H3,(H,23,26)/b22-12+. The van der Waals surface area contributed by atoms with Crippen molar-refractivity contribution in [1.29, 1.82) is 0 Å². The maximum Gasteiger partial charge on any atom is 0.185 e. The van der Waals surface area contributed by atoms with E-state index in [0.29, 0.717) is 33.8 Å². The van der Waals surface area contributed by atoms with Crippen molar-refractivity contribution in [2.24, 2.45) is 5.10 Å². The van der Waals surface area contributed by atoms with E-state index in [0.717, 1.165) is 11.1 Å². The van der Waals surface area contributed by atoms with Gasteiger partial charge in [0.05, 0.1) is 20.4 Å². The van der Waals surface area contributed by atoms with E-state index in [-0.39, 0.29) is 0 Å². The molecule has 0 saturated heterocycles. The molecule has 146 valence electrons. The van der Waals surface area contributed by atoms with Gasteiger partial charge in [-0.2, -0.15) is 9.62 Å². The van der Waals surface area contributed by atoms with Crippen LogP contribution in [0.1, 0.15) is 5.56 Å². The zero-order chi connectivity index (χ0) is 20.2. The average Bonchev–Trinajstić information content (AvgIpc) is 3.17. The van der Waals surface area contributed by atoms with Gasteiger partial charge in [0.1, 0.15) is 11.5 Å². The second-order valence-corrected chi connectivity index (χ2v) is 6.43. The molecule has 2 heterocycles. The highest BCUT2D eigenvalue weighted by Gasteiger charge is 2.10. The lowest BCUT2D eigenvalue weighted by Crippen LogP contribution is -2.01. The second kappa shape index (κ2) is 8.15. The smallest absolute Gasteiger partial charge is 0.185 e. The quantitative estimate of drug-likeness (QED) is 0.384. The van der Waals surface area contributed by atoms with Crippen LogP contribution in [0.15, 0.2) is 59.7 Å². The van der Waals surface area contributed by atoms with Crippen LogP contribution in [-0.4, -0.2) is 40.2 Å². The van der Waals surface area contributed by atoms with Crippen LogP contribution in [0.3, 0.4) is 0 Å². The molecule has 29 heavy (non-hydrogen) atoms. The number of nitrogens with one attached hydrogen (secondary N) is 1. The Morgan fingerprint density at radius 2 is 1.83 bits per heavy atom. The Bertz CT molecular complexity index is 1170. The molecule has 0 aliphatic rings. The summed E-state index contributed by atoms with van der Waals surface area (Å²) in [7, 11) is 3.20. The fourth-order valence-corrected chi connectivity index (χ4v) is 2.85. The Labute approximate surface area is 171 Å². The molecule has 9 heteroatoms. The maximum atomic E-state index is 5.96.